The highest BCUT2D eigenvalue weighted by Gasteiger charge is 2.25. The number of thiazole rings is 1. The molecule has 5 heteroatoms. The van der Waals surface area contributed by atoms with Crippen molar-refractivity contribution in [2.24, 2.45) is 0 Å². The van der Waals surface area contributed by atoms with E-state index in [9.17, 15) is 0 Å². The Balaban J connectivity index is 1.75. The molecule has 1 aliphatic rings. The first-order chi connectivity index (χ1) is 9.78. The van der Waals surface area contributed by atoms with Crippen molar-refractivity contribution in [2.45, 2.75) is 26.0 Å². The molecule has 0 saturated carbocycles. The fourth-order valence-corrected chi connectivity index (χ4v) is 3.12. The number of benzene rings is 1. The predicted molar refractivity (Wildman–Crippen MR) is 79.5 cm³/mol. The van der Waals surface area contributed by atoms with Gasteiger partial charge in [-0.25, -0.2) is 4.98 Å². The smallest absolute Gasteiger partial charge is 0.184 e. The zero-order chi connectivity index (χ0) is 13.9. The molecule has 1 aromatic heterocycles. The van der Waals surface area contributed by atoms with Crippen LogP contribution in [0, 0.1) is 0 Å². The van der Waals surface area contributed by atoms with Crippen LogP contribution in [-0.4, -0.2) is 18.1 Å². The van der Waals surface area contributed by atoms with Crippen molar-refractivity contribution >= 4 is 11.3 Å². The van der Waals surface area contributed by atoms with Crippen LogP contribution < -0.4 is 14.8 Å². The van der Waals surface area contributed by atoms with Crippen LogP contribution in [-0.2, 0) is 0 Å². The number of nitrogens with one attached hydrogen (secondary N) is 1. The van der Waals surface area contributed by atoms with Gasteiger partial charge in [0, 0.05) is 11.4 Å². The van der Waals surface area contributed by atoms with Gasteiger partial charge in [-0.15, -0.1) is 11.3 Å². The molecule has 4 nitrogen and oxygen atoms in total. The Labute approximate surface area is 122 Å². The average molecular weight is 290 g/mol. The summed E-state index contributed by atoms with van der Waals surface area (Å²) >= 11 is 1.63. The average Bonchev–Trinajstić information content (AvgIpc) is 2.97. The second kappa shape index (κ2) is 5.81. The lowest BCUT2D eigenvalue weighted by molar-refractivity contribution is 0.0909. The molecule has 106 valence electrons. The molecule has 2 atom stereocenters. The van der Waals surface area contributed by atoms with Crippen molar-refractivity contribution in [3.63, 3.8) is 0 Å². The molecule has 0 bridgehead atoms. The molecule has 0 aliphatic carbocycles. The lowest BCUT2D eigenvalue weighted by atomic mass is 10.2. The Morgan fingerprint density at radius 1 is 1.40 bits per heavy atom. The Kier molecular flexibility index (Phi) is 3.89. The third-order valence-corrected chi connectivity index (χ3v) is 4.23. The number of para-hydroxylation sites is 2. The molecule has 0 radical (unpaired) electrons. The molecule has 2 unspecified atom stereocenters. The normalized spacial score (nSPS) is 18.8. The van der Waals surface area contributed by atoms with Gasteiger partial charge in [0.25, 0.3) is 0 Å². The van der Waals surface area contributed by atoms with Gasteiger partial charge in [0.15, 0.2) is 17.6 Å². The van der Waals surface area contributed by atoms with Crippen molar-refractivity contribution in [3.05, 3.63) is 40.3 Å². The Bertz CT molecular complexity index is 585. The van der Waals surface area contributed by atoms with Gasteiger partial charge in [-0.3, -0.25) is 0 Å². The van der Waals surface area contributed by atoms with Gasteiger partial charge in [0.05, 0.1) is 5.69 Å². The van der Waals surface area contributed by atoms with Gasteiger partial charge in [0.1, 0.15) is 11.6 Å². The minimum atomic E-state index is -0.113. The second-order valence-corrected chi connectivity index (χ2v) is 5.64. The van der Waals surface area contributed by atoms with E-state index in [0.29, 0.717) is 6.61 Å². The molecule has 0 fully saturated rings. The first-order valence-electron chi connectivity index (χ1n) is 6.85. The van der Waals surface area contributed by atoms with Crippen molar-refractivity contribution in [1.82, 2.24) is 10.3 Å². The summed E-state index contributed by atoms with van der Waals surface area (Å²) in [7, 11) is 0. The molecule has 20 heavy (non-hydrogen) atoms. The fraction of sp³-hybridized carbons (Fsp3) is 0.400. The zero-order valence-corrected chi connectivity index (χ0v) is 12.4. The number of nitrogens with zero attached hydrogens (tertiary/aromatic N) is 1. The van der Waals surface area contributed by atoms with E-state index < -0.39 is 0 Å². The topological polar surface area (TPSA) is 43.4 Å². The monoisotopic (exact) mass is 290 g/mol. The van der Waals surface area contributed by atoms with Gasteiger partial charge >= 0.3 is 0 Å². The molecule has 1 N–H and O–H groups in total. The fourth-order valence-electron chi connectivity index (χ4n) is 2.20. The highest BCUT2D eigenvalue weighted by atomic mass is 32.1. The molecule has 0 saturated heterocycles. The minimum absolute atomic E-state index is 0.113. The number of hydrogen-bond acceptors (Lipinski definition) is 5. The SMILES string of the molecule is CCNC(C)c1csc(C2COc3ccccc3O2)n1. The summed E-state index contributed by atoms with van der Waals surface area (Å²) in [6, 6.07) is 8.01. The molecule has 1 aromatic carbocycles. The molecular formula is C15H18N2O2S. The summed E-state index contributed by atoms with van der Waals surface area (Å²) in [6.07, 6.45) is -0.113. The molecule has 3 rings (SSSR count). The van der Waals surface area contributed by atoms with Crippen molar-refractivity contribution in [2.75, 3.05) is 13.2 Å². The Hall–Kier alpha value is -1.59. The first kappa shape index (κ1) is 13.4. The zero-order valence-electron chi connectivity index (χ0n) is 11.6. The lowest BCUT2D eigenvalue weighted by Crippen LogP contribution is -2.22. The lowest BCUT2D eigenvalue weighted by Gasteiger charge is -2.24. The number of hydrogen-bond donors (Lipinski definition) is 1. The molecule has 1 aliphatic heterocycles. The maximum atomic E-state index is 5.97. The van der Waals surface area contributed by atoms with E-state index in [-0.39, 0.29) is 12.1 Å². The molecular weight excluding hydrogens is 272 g/mol. The van der Waals surface area contributed by atoms with Crippen molar-refractivity contribution < 1.29 is 9.47 Å². The number of fused-ring (bicyclic) bond motifs is 1. The summed E-state index contributed by atoms with van der Waals surface area (Å²) in [4.78, 5) is 4.68. The van der Waals surface area contributed by atoms with Gasteiger partial charge in [-0.05, 0) is 25.6 Å². The van der Waals surface area contributed by atoms with E-state index in [0.717, 1.165) is 28.7 Å². The van der Waals surface area contributed by atoms with Gasteiger partial charge < -0.3 is 14.8 Å². The summed E-state index contributed by atoms with van der Waals surface area (Å²) in [5.74, 6) is 1.60. The maximum Gasteiger partial charge on any atom is 0.184 e. The standard InChI is InChI=1S/C15H18N2O2S/c1-3-16-10(2)11-9-20-15(17-11)14-8-18-12-6-4-5-7-13(12)19-14/h4-7,9-10,14,16H,3,8H2,1-2H3. The second-order valence-electron chi connectivity index (χ2n) is 4.75. The first-order valence-corrected chi connectivity index (χ1v) is 7.73. The molecule has 2 aromatic rings. The minimum Gasteiger partial charge on any atom is -0.485 e. The highest BCUT2D eigenvalue weighted by Crippen LogP contribution is 2.36. The van der Waals surface area contributed by atoms with Gasteiger partial charge in [0.2, 0.25) is 0 Å². The van der Waals surface area contributed by atoms with Crippen LogP contribution in [0.25, 0.3) is 0 Å². The molecule has 0 spiro atoms. The summed E-state index contributed by atoms with van der Waals surface area (Å²) in [5.41, 5.74) is 1.06. The summed E-state index contributed by atoms with van der Waals surface area (Å²) in [6.45, 7) is 5.67. The maximum absolute atomic E-state index is 5.97. The summed E-state index contributed by atoms with van der Waals surface area (Å²) < 4.78 is 11.7. The van der Waals surface area contributed by atoms with E-state index in [1.807, 2.05) is 24.3 Å². The van der Waals surface area contributed by atoms with Crippen LogP contribution in [0.3, 0.4) is 0 Å². The molecule has 2 heterocycles. The third-order valence-electron chi connectivity index (χ3n) is 3.28. The van der Waals surface area contributed by atoms with Crippen molar-refractivity contribution in [1.29, 1.82) is 0 Å². The van der Waals surface area contributed by atoms with Crippen LogP contribution >= 0.6 is 11.3 Å². The molecule has 0 amide bonds. The highest BCUT2D eigenvalue weighted by molar-refractivity contribution is 7.09. The van der Waals surface area contributed by atoms with Crippen LogP contribution in [0.5, 0.6) is 11.5 Å². The van der Waals surface area contributed by atoms with Gasteiger partial charge in [-0.2, -0.15) is 0 Å². The van der Waals surface area contributed by atoms with Gasteiger partial charge in [-0.1, -0.05) is 19.1 Å². The predicted octanol–water partition coefficient (Wildman–Crippen LogP) is 3.33. The largest absolute Gasteiger partial charge is 0.485 e. The van der Waals surface area contributed by atoms with E-state index in [2.05, 4.69) is 29.5 Å². The summed E-state index contributed by atoms with van der Waals surface area (Å²) in [5, 5.41) is 6.43. The van der Waals surface area contributed by atoms with E-state index >= 15 is 0 Å². The number of aromatic nitrogens is 1. The van der Waals surface area contributed by atoms with Crippen LogP contribution in [0.2, 0.25) is 0 Å². The van der Waals surface area contributed by atoms with Crippen LogP contribution in [0.1, 0.15) is 36.7 Å². The number of rotatable bonds is 4. The Morgan fingerprint density at radius 2 is 2.20 bits per heavy atom. The third kappa shape index (κ3) is 2.64. The van der Waals surface area contributed by atoms with Crippen molar-refractivity contribution in [3.8, 4) is 11.5 Å². The van der Waals surface area contributed by atoms with Crippen LogP contribution in [0.4, 0.5) is 0 Å². The Morgan fingerprint density at radius 3 is 3.00 bits per heavy atom. The quantitative estimate of drug-likeness (QED) is 0.938. The van der Waals surface area contributed by atoms with E-state index in [4.69, 9.17) is 9.47 Å². The van der Waals surface area contributed by atoms with E-state index in [1.54, 1.807) is 11.3 Å². The van der Waals surface area contributed by atoms with Crippen LogP contribution in [0.15, 0.2) is 29.6 Å². The van der Waals surface area contributed by atoms with E-state index in [1.165, 1.54) is 0 Å². The number of ether oxygens (including phenoxy) is 2.